The number of carbonyl (C=O) groups excluding carboxylic acids is 3. The van der Waals surface area contributed by atoms with Gasteiger partial charge in [0, 0.05) is 0 Å². The van der Waals surface area contributed by atoms with E-state index in [-0.39, 0.29) is 17.1 Å². The van der Waals surface area contributed by atoms with Crippen LogP contribution in [-0.4, -0.2) is 20.4 Å². The molecule has 0 aliphatic heterocycles. The number of rotatable bonds is 0. The van der Waals surface area contributed by atoms with Crippen LogP contribution in [0, 0.1) is 55.4 Å². The molecule has 9 heteroatoms. The summed E-state index contributed by atoms with van der Waals surface area (Å²) in [6, 6.07) is 0. The summed E-state index contributed by atoms with van der Waals surface area (Å²) in [7, 11) is 12.7. The van der Waals surface area contributed by atoms with Crippen LogP contribution in [0.2, 0.25) is 0 Å². The number of halogens is 2. The summed E-state index contributed by atoms with van der Waals surface area (Å²) in [5, 5.41) is 6.07. The Morgan fingerprint density at radius 1 is 0.679 bits per heavy atom. The molecule has 28 heavy (non-hydrogen) atoms. The van der Waals surface area contributed by atoms with Gasteiger partial charge in [-0.2, -0.15) is 32.8 Å². The average molecular weight is 583 g/mol. The Hall–Kier alpha value is 0.553. The molecule has 0 saturated carbocycles. The van der Waals surface area contributed by atoms with E-state index >= 15 is 0 Å². The summed E-state index contributed by atoms with van der Waals surface area (Å²) in [6.45, 7) is 27.4. The van der Waals surface area contributed by atoms with Crippen LogP contribution in [0.4, 0.5) is 0 Å². The van der Waals surface area contributed by atoms with E-state index in [2.05, 4.69) is 75.8 Å². The van der Waals surface area contributed by atoms with E-state index in [0.29, 0.717) is 0 Å². The van der Waals surface area contributed by atoms with Gasteiger partial charge in [-0.1, -0.05) is 55.4 Å². The van der Waals surface area contributed by atoms with E-state index in [9.17, 15) is 0 Å². The van der Waals surface area contributed by atoms with Crippen molar-refractivity contribution < 1.29 is 52.3 Å². The van der Waals surface area contributed by atoms with Gasteiger partial charge in [-0.05, 0) is 0 Å². The topological polar surface area (TPSA) is 51.2 Å². The minimum absolute atomic E-state index is 0. The van der Waals surface area contributed by atoms with Crippen LogP contribution < -0.4 is 0 Å². The van der Waals surface area contributed by atoms with Crippen molar-refractivity contribution in [2.75, 3.05) is 0 Å². The van der Waals surface area contributed by atoms with E-state index < -0.39 is 20.8 Å². The van der Waals surface area contributed by atoms with E-state index in [1.807, 2.05) is 0 Å². The second kappa shape index (κ2) is 25.6. The first-order valence-electron chi connectivity index (χ1n) is 7.48. The molecule has 2 aromatic heterocycles. The minimum Gasteiger partial charge on any atom is 3.00 e. The first kappa shape index (κ1) is 39.1. The van der Waals surface area contributed by atoms with Crippen molar-refractivity contribution in [1.82, 2.24) is 0 Å². The zero-order valence-corrected chi connectivity index (χ0v) is 24.3. The molecular weight excluding hydrogens is 556 g/mol. The van der Waals surface area contributed by atoms with Gasteiger partial charge in [-0.3, -0.25) is 20.4 Å². The van der Waals surface area contributed by atoms with Crippen molar-refractivity contribution in [2.45, 2.75) is 55.4 Å². The third-order valence-electron chi connectivity index (χ3n) is 3.97. The molecule has 2 aromatic rings. The fourth-order valence-corrected chi connectivity index (χ4v) is 4.27. The van der Waals surface area contributed by atoms with Gasteiger partial charge < -0.3 is 14.4 Å². The average Bonchev–Trinajstić information content (AvgIpc) is 3.04. The number of hydrogen-bond donors (Lipinski definition) is 0. The SMILES string of the molecule is Cc1p[c-](C)c(C)c1C.Cc1p[c-](C)c(C)c1C.[CH-]=O.[CH-]=O.[CH-]=O.[Cl][Zr+2][Cl].[Fe+3]. The molecule has 0 N–H and O–H groups in total. The molecule has 0 fully saturated rings. The predicted octanol–water partition coefficient (Wildman–Crippen LogP) is 6.99. The van der Waals surface area contributed by atoms with Crippen molar-refractivity contribution in [3.8, 4) is 0 Å². The van der Waals surface area contributed by atoms with Gasteiger partial charge in [0.2, 0.25) is 0 Å². The van der Waals surface area contributed by atoms with E-state index in [4.69, 9.17) is 31.4 Å². The van der Waals surface area contributed by atoms with E-state index in [1.165, 1.54) is 59.8 Å². The molecule has 0 amide bonds. The number of hydrogen-bond acceptors (Lipinski definition) is 3. The maximum absolute atomic E-state index is 7.75. The molecular formula is C19H27Cl2FeO3P2Zr. The van der Waals surface area contributed by atoms with Crippen LogP contribution in [0.3, 0.4) is 0 Å². The summed E-state index contributed by atoms with van der Waals surface area (Å²) < 4.78 is 0. The number of aryl methyl sites for hydroxylation is 4. The molecule has 0 aliphatic carbocycles. The first-order chi connectivity index (χ1) is 12.7. The van der Waals surface area contributed by atoms with Gasteiger partial charge in [0.1, 0.15) is 0 Å². The molecule has 0 atom stereocenters. The van der Waals surface area contributed by atoms with Crippen LogP contribution in [-0.2, 0) is 52.3 Å². The van der Waals surface area contributed by atoms with Crippen molar-refractivity contribution in [3.63, 3.8) is 0 Å². The van der Waals surface area contributed by atoms with E-state index in [0.717, 1.165) is 0 Å². The molecule has 0 bridgehead atoms. The third kappa shape index (κ3) is 16.4. The van der Waals surface area contributed by atoms with Crippen LogP contribution in [0.5, 0.6) is 0 Å². The Labute approximate surface area is 203 Å². The summed E-state index contributed by atoms with van der Waals surface area (Å²) in [5.41, 5.74) is 5.98. The second-order valence-electron chi connectivity index (χ2n) is 5.14. The van der Waals surface area contributed by atoms with Crippen LogP contribution in [0.25, 0.3) is 0 Å². The monoisotopic (exact) mass is 581 g/mol. The van der Waals surface area contributed by atoms with Crippen molar-refractivity contribution in [1.29, 1.82) is 0 Å². The molecule has 0 aliphatic rings. The van der Waals surface area contributed by atoms with Crippen LogP contribution in [0.1, 0.15) is 43.4 Å². The fourth-order valence-electron chi connectivity index (χ4n) is 1.92. The predicted molar refractivity (Wildman–Crippen MR) is 119 cm³/mol. The van der Waals surface area contributed by atoms with Gasteiger partial charge in [0.15, 0.2) is 0 Å². The molecule has 0 unspecified atom stereocenters. The Kier molecular flexibility index (Phi) is 35.7. The quantitative estimate of drug-likeness (QED) is 0.191. The summed E-state index contributed by atoms with van der Waals surface area (Å²) in [6.07, 6.45) is 0. The molecule has 3 nitrogen and oxygen atoms in total. The maximum Gasteiger partial charge on any atom is 3.00 e. The van der Waals surface area contributed by atoms with Gasteiger partial charge >= 0.3 is 54.9 Å². The second-order valence-corrected chi connectivity index (χ2v) is 12.0. The van der Waals surface area contributed by atoms with Gasteiger partial charge in [-0.15, -0.1) is 10.6 Å². The van der Waals surface area contributed by atoms with E-state index in [1.54, 1.807) is 0 Å². The maximum atomic E-state index is 7.75. The van der Waals surface area contributed by atoms with Crippen molar-refractivity contribution in [2.24, 2.45) is 0 Å². The van der Waals surface area contributed by atoms with Crippen molar-refractivity contribution >= 4 is 53.8 Å². The first-order valence-corrected chi connectivity index (χ1v) is 15.6. The van der Waals surface area contributed by atoms with Crippen LogP contribution >= 0.6 is 33.4 Å². The molecule has 157 valence electrons. The normalized spacial score (nSPS) is 7.93. The van der Waals surface area contributed by atoms with Gasteiger partial charge in [0.25, 0.3) is 0 Å². The molecule has 0 aromatic carbocycles. The fraction of sp³-hybridized carbons (Fsp3) is 0.421. The van der Waals surface area contributed by atoms with Crippen molar-refractivity contribution in [3.05, 3.63) is 43.4 Å². The Bertz CT molecular complexity index is 535. The molecule has 0 spiro atoms. The Morgan fingerprint density at radius 2 is 0.857 bits per heavy atom. The zero-order valence-electron chi connectivity index (χ0n) is 17.5. The molecule has 2 heterocycles. The molecule has 2 rings (SSSR count). The third-order valence-corrected chi connectivity index (χ3v) is 6.65. The zero-order chi connectivity index (χ0) is 22.7. The van der Waals surface area contributed by atoms with Crippen LogP contribution in [0.15, 0.2) is 0 Å². The van der Waals surface area contributed by atoms with Gasteiger partial charge in [-0.25, -0.2) is 16.4 Å². The molecule has 1 radical (unpaired) electrons. The summed E-state index contributed by atoms with van der Waals surface area (Å²) in [5.74, 6) is 0. The smallest absolute Gasteiger partial charge is 3.00 e. The Balaban J connectivity index is -0.0000000876. The van der Waals surface area contributed by atoms with Gasteiger partial charge in [0.05, 0.1) is 0 Å². The Morgan fingerprint density at radius 3 is 0.893 bits per heavy atom. The summed E-state index contributed by atoms with van der Waals surface area (Å²) >= 11 is -0.826. The largest absolute Gasteiger partial charge is 3.00 e. The minimum atomic E-state index is -0.826. The molecule has 0 saturated heterocycles. The standard InChI is InChI=1S/2C8H12P.3CHO.2ClH.Fe.Zr/c2*1-5-6(2)8(4)9-7(5)3;3*1-2;;;;/h2*1-4H3;3*1H;2*1H;;/q5*-1;;;+3;+4/p-2. The summed E-state index contributed by atoms with van der Waals surface area (Å²) in [4.78, 5) is 23.2.